The van der Waals surface area contributed by atoms with Crippen molar-refractivity contribution in [2.75, 3.05) is 6.61 Å². The molecule has 8 unspecified atom stereocenters. The summed E-state index contributed by atoms with van der Waals surface area (Å²) in [7, 11) is 0. The van der Waals surface area contributed by atoms with Crippen LogP contribution in [0.2, 0.25) is 0 Å². The van der Waals surface area contributed by atoms with Gasteiger partial charge in [-0.1, -0.05) is 19.4 Å². The maximum Gasteiger partial charge on any atom is 0.333 e. The summed E-state index contributed by atoms with van der Waals surface area (Å²) in [6, 6.07) is 0. The lowest BCUT2D eigenvalue weighted by atomic mass is 9.54. The number of hydrogen-bond donors (Lipinski definition) is 0. The maximum atomic E-state index is 12.1. The van der Waals surface area contributed by atoms with Crippen molar-refractivity contribution in [1.82, 2.24) is 0 Å². The average molecular weight is 314 g/mol. The second kappa shape index (κ2) is 4.86. The van der Waals surface area contributed by atoms with E-state index in [2.05, 4.69) is 6.58 Å². The van der Waals surface area contributed by atoms with Gasteiger partial charge < -0.3 is 4.74 Å². The van der Waals surface area contributed by atoms with Gasteiger partial charge in [0.25, 0.3) is 0 Å². The first-order chi connectivity index (χ1) is 11.1. The van der Waals surface area contributed by atoms with Crippen molar-refractivity contribution in [2.24, 2.45) is 46.8 Å². The molecule has 23 heavy (non-hydrogen) atoms. The Morgan fingerprint density at radius 3 is 2.74 bits per heavy atom. The number of hydrogen-bond acceptors (Lipinski definition) is 2. The lowest BCUT2D eigenvalue weighted by Crippen LogP contribution is -2.48. The minimum absolute atomic E-state index is 0.165. The summed E-state index contributed by atoms with van der Waals surface area (Å²) in [5.41, 5.74) is 0.893. The largest absolute Gasteiger partial charge is 0.462 e. The van der Waals surface area contributed by atoms with E-state index in [4.69, 9.17) is 4.74 Å². The van der Waals surface area contributed by atoms with Crippen LogP contribution in [0.5, 0.6) is 0 Å². The van der Waals surface area contributed by atoms with Gasteiger partial charge in [0.1, 0.15) is 0 Å². The fourth-order valence-corrected chi connectivity index (χ4v) is 8.32. The number of carbonyl (C=O) groups excluding carboxylic acids is 1. The average Bonchev–Trinajstić information content (AvgIpc) is 3.29. The Morgan fingerprint density at radius 1 is 1.13 bits per heavy atom. The molecule has 0 amide bonds. The van der Waals surface area contributed by atoms with E-state index < -0.39 is 0 Å². The zero-order valence-electron chi connectivity index (χ0n) is 14.4. The second-order valence-electron chi connectivity index (χ2n) is 9.45. The first-order valence-corrected chi connectivity index (χ1v) is 9.94. The van der Waals surface area contributed by atoms with Crippen LogP contribution in [0.4, 0.5) is 0 Å². The number of esters is 1. The molecule has 126 valence electrons. The highest BCUT2D eigenvalue weighted by atomic mass is 16.5. The topological polar surface area (TPSA) is 26.3 Å². The molecular weight excluding hydrogens is 284 g/mol. The van der Waals surface area contributed by atoms with Crippen molar-refractivity contribution in [3.05, 3.63) is 12.2 Å². The van der Waals surface area contributed by atoms with E-state index in [1.165, 1.54) is 51.4 Å². The van der Waals surface area contributed by atoms with Gasteiger partial charge in [-0.15, -0.1) is 0 Å². The summed E-state index contributed by atoms with van der Waals surface area (Å²) in [4.78, 5) is 12.1. The predicted molar refractivity (Wildman–Crippen MR) is 89.6 cm³/mol. The highest BCUT2D eigenvalue weighted by Gasteiger charge is 2.72. The lowest BCUT2D eigenvalue weighted by molar-refractivity contribution is -0.148. The molecule has 2 nitrogen and oxygen atoms in total. The van der Waals surface area contributed by atoms with Crippen LogP contribution in [0.1, 0.15) is 58.3 Å². The number of carbonyl (C=O) groups is 1. The van der Waals surface area contributed by atoms with Gasteiger partial charge >= 0.3 is 5.97 Å². The van der Waals surface area contributed by atoms with E-state index in [0.717, 1.165) is 41.4 Å². The van der Waals surface area contributed by atoms with E-state index in [1.807, 2.05) is 0 Å². The summed E-state index contributed by atoms with van der Waals surface area (Å²) in [5, 5.41) is 0. The molecule has 0 radical (unpaired) electrons. The molecule has 0 aromatic heterocycles. The van der Waals surface area contributed by atoms with E-state index in [9.17, 15) is 4.79 Å². The second-order valence-corrected chi connectivity index (χ2v) is 9.45. The maximum absolute atomic E-state index is 12.1. The van der Waals surface area contributed by atoms with Crippen LogP contribution in [-0.2, 0) is 9.53 Å². The molecule has 2 heteroatoms. The molecule has 0 heterocycles. The Morgan fingerprint density at radius 2 is 1.91 bits per heavy atom. The SMILES string of the molecule is C=C(C)C(=O)OCC12CC(C3CCCCC31)C1C3CCC(C3)C12. The molecule has 5 rings (SSSR count). The molecule has 0 aliphatic heterocycles. The van der Waals surface area contributed by atoms with Crippen LogP contribution >= 0.6 is 0 Å². The number of rotatable bonds is 3. The van der Waals surface area contributed by atoms with Crippen LogP contribution < -0.4 is 0 Å². The number of fused-ring (bicyclic) bond motifs is 12. The van der Waals surface area contributed by atoms with Crippen molar-refractivity contribution in [1.29, 1.82) is 0 Å². The van der Waals surface area contributed by atoms with Crippen LogP contribution in [0, 0.1) is 46.8 Å². The molecular formula is C21H30O2. The zero-order valence-corrected chi connectivity index (χ0v) is 14.4. The molecule has 0 spiro atoms. The van der Waals surface area contributed by atoms with Gasteiger partial charge in [0.15, 0.2) is 0 Å². The van der Waals surface area contributed by atoms with Crippen molar-refractivity contribution in [3.63, 3.8) is 0 Å². The van der Waals surface area contributed by atoms with Gasteiger partial charge in [-0.25, -0.2) is 4.79 Å². The smallest absolute Gasteiger partial charge is 0.333 e. The van der Waals surface area contributed by atoms with Crippen molar-refractivity contribution in [3.8, 4) is 0 Å². The Labute approximate surface area is 140 Å². The normalized spacial score (nSPS) is 52.3. The highest BCUT2D eigenvalue weighted by molar-refractivity contribution is 5.86. The Hall–Kier alpha value is -0.790. The van der Waals surface area contributed by atoms with Crippen molar-refractivity contribution >= 4 is 5.97 Å². The summed E-state index contributed by atoms with van der Waals surface area (Å²) in [6.07, 6.45) is 11.5. The van der Waals surface area contributed by atoms with Gasteiger partial charge in [0, 0.05) is 11.0 Å². The standard InChI is InChI=1S/C21H30O2/c1-12(2)20(22)23-11-21-10-16(15-5-3-4-6-17(15)21)18-13-7-8-14(9-13)19(18)21/h13-19H,1,3-11H2,2H3. The molecule has 5 saturated carbocycles. The molecule has 0 aromatic rings. The minimum atomic E-state index is -0.165. The summed E-state index contributed by atoms with van der Waals surface area (Å²) in [6.45, 7) is 6.24. The Balaban J connectivity index is 1.48. The minimum Gasteiger partial charge on any atom is -0.462 e. The molecule has 0 aromatic carbocycles. The molecule has 5 fully saturated rings. The van der Waals surface area contributed by atoms with Gasteiger partial charge in [0.05, 0.1) is 6.61 Å². The third kappa shape index (κ3) is 1.79. The first kappa shape index (κ1) is 14.5. The number of ether oxygens (including phenoxy) is 1. The Bertz CT molecular complexity index is 552. The predicted octanol–water partition coefficient (Wildman–Crippen LogP) is 4.59. The van der Waals surface area contributed by atoms with Crippen molar-refractivity contribution in [2.45, 2.75) is 58.3 Å². The molecule has 0 N–H and O–H groups in total. The summed E-state index contributed by atoms with van der Waals surface area (Å²) < 4.78 is 5.83. The van der Waals surface area contributed by atoms with Crippen LogP contribution in [-0.4, -0.2) is 12.6 Å². The quantitative estimate of drug-likeness (QED) is 0.432. The van der Waals surface area contributed by atoms with Crippen LogP contribution in [0.15, 0.2) is 12.2 Å². The van der Waals surface area contributed by atoms with E-state index in [0.29, 0.717) is 17.6 Å². The fourth-order valence-electron chi connectivity index (χ4n) is 8.32. The third-order valence-electron chi connectivity index (χ3n) is 8.68. The van der Waals surface area contributed by atoms with Gasteiger partial charge in [-0.3, -0.25) is 0 Å². The molecule has 0 saturated heterocycles. The van der Waals surface area contributed by atoms with Gasteiger partial charge in [-0.05, 0) is 86.9 Å². The van der Waals surface area contributed by atoms with E-state index >= 15 is 0 Å². The lowest BCUT2D eigenvalue weighted by Gasteiger charge is -2.51. The summed E-state index contributed by atoms with van der Waals surface area (Å²) >= 11 is 0. The monoisotopic (exact) mass is 314 g/mol. The summed E-state index contributed by atoms with van der Waals surface area (Å²) in [5.74, 6) is 6.41. The highest BCUT2D eigenvalue weighted by Crippen LogP contribution is 2.77. The van der Waals surface area contributed by atoms with Crippen LogP contribution in [0.3, 0.4) is 0 Å². The first-order valence-electron chi connectivity index (χ1n) is 9.94. The Kier molecular flexibility index (Phi) is 3.07. The molecule has 4 bridgehead atoms. The van der Waals surface area contributed by atoms with Gasteiger partial charge in [0.2, 0.25) is 0 Å². The van der Waals surface area contributed by atoms with Crippen molar-refractivity contribution < 1.29 is 9.53 Å². The fraction of sp³-hybridized carbons (Fsp3) is 0.857. The van der Waals surface area contributed by atoms with E-state index in [-0.39, 0.29) is 5.97 Å². The van der Waals surface area contributed by atoms with Gasteiger partial charge in [-0.2, -0.15) is 0 Å². The molecule has 5 aliphatic rings. The molecule has 8 atom stereocenters. The zero-order chi connectivity index (χ0) is 15.8. The van der Waals surface area contributed by atoms with E-state index in [1.54, 1.807) is 6.92 Å². The van der Waals surface area contributed by atoms with Crippen LogP contribution in [0.25, 0.3) is 0 Å². The molecule has 5 aliphatic carbocycles. The third-order valence-corrected chi connectivity index (χ3v) is 8.68.